The molecule has 0 bridgehead atoms. The lowest BCUT2D eigenvalue weighted by molar-refractivity contribution is 0.626. The maximum atomic E-state index is 13.1. The molecule has 4 rings (SSSR count). The van der Waals surface area contributed by atoms with Crippen molar-refractivity contribution in [2.45, 2.75) is 9.92 Å². The van der Waals surface area contributed by atoms with Crippen LogP contribution in [-0.2, 0) is 17.8 Å². The van der Waals surface area contributed by atoms with E-state index in [0.717, 1.165) is 10.8 Å². The second-order valence-corrected chi connectivity index (χ2v) is 7.18. The van der Waals surface area contributed by atoms with Crippen LogP contribution in [0, 0.1) is 5.82 Å². The fourth-order valence-electron chi connectivity index (χ4n) is 2.65. The highest BCUT2D eigenvalue weighted by molar-refractivity contribution is 7.85. The average Bonchev–Trinajstić information content (AvgIpc) is 3.06. The number of aromatic nitrogens is 3. The number of hydrogen-bond donors (Lipinski definition) is 1. The van der Waals surface area contributed by atoms with Gasteiger partial charge < -0.3 is 5.32 Å². The lowest BCUT2D eigenvalue weighted by Gasteiger charge is -2.10. The number of anilines is 2. The molecule has 0 aliphatic carbocycles. The summed E-state index contributed by atoms with van der Waals surface area (Å²) in [6.45, 7) is 0. The van der Waals surface area contributed by atoms with Crippen molar-refractivity contribution in [2.24, 2.45) is 7.05 Å². The third-order valence-corrected chi connectivity index (χ3v) is 5.18. The van der Waals surface area contributed by atoms with Gasteiger partial charge in [0.25, 0.3) is 0 Å². The standard InChI is InChI=1S/C19H15FN4OS/c1-24-11-10-17(23-24)21-19-16-5-3-2-4-13(16)12-18(22-19)26(25)15-8-6-14(20)7-9-15/h2-12H,1H3,(H,21,22,23). The van der Waals surface area contributed by atoms with E-state index in [-0.39, 0.29) is 5.82 Å². The molecule has 0 spiro atoms. The molecule has 0 aliphatic heterocycles. The first-order valence-electron chi connectivity index (χ1n) is 7.94. The van der Waals surface area contributed by atoms with Crippen LogP contribution in [0.3, 0.4) is 0 Å². The molecule has 0 radical (unpaired) electrons. The maximum absolute atomic E-state index is 13.1. The second-order valence-electron chi connectivity index (χ2n) is 5.75. The third-order valence-electron chi connectivity index (χ3n) is 3.89. The van der Waals surface area contributed by atoms with Gasteiger partial charge >= 0.3 is 0 Å². The van der Waals surface area contributed by atoms with Crippen molar-refractivity contribution in [1.29, 1.82) is 0 Å². The van der Waals surface area contributed by atoms with Crippen LogP contribution in [0.25, 0.3) is 10.8 Å². The van der Waals surface area contributed by atoms with Gasteiger partial charge in [-0.1, -0.05) is 24.3 Å². The quantitative estimate of drug-likeness (QED) is 0.593. The Morgan fingerprint density at radius 1 is 1.08 bits per heavy atom. The van der Waals surface area contributed by atoms with E-state index in [9.17, 15) is 8.60 Å². The Bertz CT molecular complexity index is 1110. The number of rotatable bonds is 4. The predicted octanol–water partition coefficient (Wildman–Crippen LogP) is 4.02. The van der Waals surface area contributed by atoms with Crippen molar-refractivity contribution in [3.8, 4) is 0 Å². The number of hydrogen-bond acceptors (Lipinski definition) is 4. The highest BCUT2D eigenvalue weighted by Gasteiger charge is 2.14. The van der Waals surface area contributed by atoms with Crippen LogP contribution >= 0.6 is 0 Å². The van der Waals surface area contributed by atoms with Gasteiger partial charge in [0.05, 0.1) is 0 Å². The SMILES string of the molecule is Cn1ccc(Nc2nc(S(=O)c3ccc(F)cc3)cc3ccccc23)n1. The molecule has 1 N–H and O–H groups in total. The number of benzene rings is 2. The molecule has 2 aromatic carbocycles. The molecule has 1 unspecified atom stereocenters. The van der Waals surface area contributed by atoms with E-state index < -0.39 is 10.8 Å². The van der Waals surface area contributed by atoms with Crippen LogP contribution in [0.1, 0.15) is 0 Å². The summed E-state index contributed by atoms with van der Waals surface area (Å²) in [6, 6.07) is 16.9. The van der Waals surface area contributed by atoms with E-state index in [1.165, 1.54) is 24.3 Å². The van der Waals surface area contributed by atoms with Gasteiger partial charge in [-0.3, -0.25) is 4.68 Å². The molecule has 130 valence electrons. The summed E-state index contributed by atoms with van der Waals surface area (Å²) in [5.41, 5.74) is 0. The predicted molar refractivity (Wildman–Crippen MR) is 99.3 cm³/mol. The van der Waals surface area contributed by atoms with Gasteiger partial charge in [-0.2, -0.15) is 5.10 Å². The van der Waals surface area contributed by atoms with Gasteiger partial charge in [0, 0.05) is 29.6 Å². The molecular formula is C19H15FN4OS. The fourth-order valence-corrected chi connectivity index (χ4v) is 3.68. The van der Waals surface area contributed by atoms with E-state index in [4.69, 9.17) is 0 Å². The van der Waals surface area contributed by atoms with Crippen LogP contribution in [0.15, 0.2) is 76.8 Å². The lowest BCUT2D eigenvalue weighted by Crippen LogP contribution is -2.02. The Labute approximate surface area is 152 Å². The molecule has 0 fully saturated rings. The maximum Gasteiger partial charge on any atom is 0.153 e. The molecule has 1 atom stereocenters. The van der Waals surface area contributed by atoms with Crippen LogP contribution in [0.4, 0.5) is 16.0 Å². The van der Waals surface area contributed by atoms with Gasteiger partial charge in [0.15, 0.2) is 5.82 Å². The zero-order chi connectivity index (χ0) is 18.1. The highest BCUT2D eigenvalue weighted by atomic mass is 32.2. The van der Waals surface area contributed by atoms with Crippen molar-refractivity contribution < 1.29 is 8.60 Å². The van der Waals surface area contributed by atoms with Gasteiger partial charge in [-0.15, -0.1) is 0 Å². The molecule has 26 heavy (non-hydrogen) atoms. The number of nitrogens with one attached hydrogen (secondary N) is 1. The Balaban J connectivity index is 1.80. The zero-order valence-corrected chi connectivity index (χ0v) is 14.7. The minimum absolute atomic E-state index is 0.366. The Kier molecular flexibility index (Phi) is 4.22. The largest absolute Gasteiger partial charge is 0.323 e. The highest BCUT2D eigenvalue weighted by Crippen LogP contribution is 2.27. The van der Waals surface area contributed by atoms with Crippen LogP contribution < -0.4 is 5.32 Å². The molecule has 5 nitrogen and oxygen atoms in total. The fraction of sp³-hybridized carbons (Fsp3) is 0.0526. The summed E-state index contributed by atoms with van der Waals surface area (Å²) in [5.74, 6) is 0.858. The first-order valence-corrected chi connectivity index (χ1v) is 9.09. The summed E-state index contributed by atoms with van der Waals surface area (Å²) < 4.78 is 27.7. The molecule has 0 saturated heterocycles. The van der Waals surface area contributed by atoms with E-state index >= 15 is 0 Å². The third kappa shape index (κ3) is 3.21. The zero-order valence-electron chi connectivity index (χ0n) is 13.9. The van der Waals surface area contributed by atoms with E-state index in [1.807, 2.05) is 43.6 Å². The summed E-state index contributed by atoms with van der Waals surface area (Å²) in [5, 5.41) is 9.70. The molecule has 0 saturated carbocycles. The first kappa shape index (κ1) is 16.4. The van der Waals surface area contributed by atoms with Crippen LogP contribution in [0.2, 0.25) is 0 Å². The summed E-state index contributed by atoms with van der Waals surface area (Å²) >= 11 is 0. The van der Waals surface area contributed by atoms with Crippen LogP contribution in [0.5, 0.6) is 0 Å². The van der Waals surface area contributed by atoms with Crippen molar-refractivity contribution in [3.05, 3.63) is 72.7 Å². The molecule has 0 amide bonds. The molecule has 0 aliphatic rings. The molecule has 2 aromatic heterocycles. The lowest BCUT2D eigenvalue weighted by atomic mass is 10.1. The Morgan fingerprint density at radius 2 is 1.85 bits per heavy atom. The van der Waals surface area contributed by atoms with E-state index in [0.29, 0.717) is 21.6 Å². The van der Waals surface area contributed by atoms with Gasteiger partial charge in [-0.25, -0.2) is 13.6 Å². The Morgan fingerprint density at radius 3 is 2.58 bits per heavy atom. The van der Waals surface area contributed by atoms with Crippen molar-refractivity contribution in [1.82, 2.24) is 14.8 Å². The number of pyridine rings is 1. The summed E-state index contributed by atoms with van der Waals surface area (Å²) in [4.78, 5) is 5.05. The first-order chi connectivity index (χ1) is 12.6. The molecular weight excluding hydrogens is 351 g/mol. The molecule has 7 heteroatoms. The van der Waals surface area contributed by atoms with Gasteiger partial charge in [-0.05, 0) is 35.7 Å². The smallest absolute Gasteiger partial charge is 0.153 e. The van der Waals surface area contributed by atoms with Gasteiger partial charge in [0.1, 0.15) is 27.5 Å². The van der Waals surface area contributed by atoms with E-state index in [1.54, 1.807) is 10.7 Å². The van der Waals surface area contributed by atoms with Gasteiger partial charge in [0.2, 0.25) is 0 Å². The molecule has 4 aromatic rings. The van der Waals surface area contributed by atoms with E-state index in [2.05, 4.69) is 15.4 Å². The number of halogens is 1. The number of nitrogens with zero attached hydrogens (tertiary/aromatic N) is 3. The number of aryl methyl sites for hydroxylation is 1. The summed E-state index contributed by atoms with van der Waals surface area (Å²) in [7, 11) is 0.313. The minimum Gasteiger partial charge on any atom is -0.323 e. The number of fused-ring (bicyclic) bond motifs is 1. The summed E-state index contributed by atoms with van der Waals surface area (Å²) in [6.07, 6.45) is 1.82. The van der Waals surface area contributed by atoms with Crippen LogP contribution in [-0.4, -0.2) is 19.0 Å². The minimum atomic E-state index is -1.52. The second kappa shape index (κ2) is 6.68. The monoisotopic (exact) mass is 366 g/mol. The van der Waals surface area contributed by atoms with Crippen molar-refractivity contribution in [2.75, 3.05) is 5.32 Å². The normalized spacial score (nSPS) is 12.2. The molecule has 2 heterocycles. The Hall–Kier alpha value is -3.06. The topological polar surface area (TPSA) is 59.8 Å². The average molecular weight is 366 g/mol. The van der Waals surface area contributed by atoms with Crippen molar-refractivity contribution >= 4 is 33.2 Å². The van der Waals surface area contributed by atoms with Crippen molar-refractivity contribution in [3.63, 3.8) is 0 Å².